The fraction of sp³-hybridized carbons (Fsp3) is 0.727. The minimum Gasteiger partial charge on any atom is -0.381 e. The average molecular weight is 207 g/mol. The van der Waals surface area contributed by atoms with E-state index in [1.807, 2.05) is 0 Å². The molecule has 3 heterocycles. The van der Waals surface area contributed by atoms with Gasteiger partial charge in [0.1, 0.15) is 0 Å². The van der Waals surface area contributed by atoms with Gasteiger partial charge < -0.3 is 10.1 Å². The van der Waals surface area contributed by atoms with E-state index < -0.39 is 0 Å². The van der Waals surface area contributed by atoms with Crippen LogP contribution in [0, 0.1) is 0 Å². The average Bonchev–Trinajstić information content (AvgIpc) is 2.74. The van der Waals surface area contributed by atoms with Crippen molar-refractivity contribution in [3.05, 3.63) is 17.5 Å². The molecule has 0 aliphatic carbocycles. The van der Waals surface area contributed by atoms with Crippen LogP contribution in [0.1, 0.15) is 30.1 Å². The first-order valence-corrected chi connectivity index (χ1v) is 5.79. The third-order valence-electron chi connectivity index (χ3n) is 3.31. The highest BCUT2D eigenvalue weighted by Crippen LogP contribution is 2.22. The summed E-state index contributed by atoms with van der Waals surface area (Å²) in [5, 5.41) is 8.07. The van der Waals surface area contributed by atoms with E-state index in [0.717, 1.165) is 45.6 Å². The van der Waals surface area contributed by atoms with Crippen LogP contribution >= 0.6 is 0 Å². The molecule has 1 saturated heterocycles. The van der Waals surface area contributed by atoms with Crippen molar-refractivity contribution in [3.63, 3.8) is 0 Å². The monoisotopic (exact) mass is 207 g/mol. The molecule has 2 aliphatic rings. The van der Waals surface area contributed by atoms with E-state index in [9.17, 15) is 0 Å². The molecule has 1 aromatic rings. The van der Waals surface area contributed by atoms with Crippen LogP contribution in [0.3, 0.4) is 0 Å². The molecule has 0 amide bonds. The van der Waals surface area contributed by atoms with Crippen molar-refractivity contribution in [2.75, 3.05) is 19.8 Å². The predicted octanol–water partition coefficient (Wildman–Crippen LogP) is 0.880. The maximum absolute atomic E-state index is 5.37. The normalized spacial score (nSPS) is 22.7. The van der Waals surface area contributed by atoms with Crippen LogP contribution in [0.2, 0.25) is 0 Å². The van der Waals surface area contributed by atoms with Crippen molar-refractivity contribution in [1.82, 2.24) is 15.1 Å². The number of nitrogens with zero attached hydrogens (tertiary/aromatic N) is 2. The van der Waals surface area contributed by atoms with Crippen molar-refractivity contribution >= 4 is 0 Å². The highest BCUT2D eigenvalue weighted by Gasteiger charge is 2.19. The SMILES string of the molecule is c1c2c(nn1C1CCOCC1)CCNC2. The van der Waals surface area contributed by atoms with E-state index in [1.165, 1.54) is 11.3 Å². The molecule has 1 N–H and O–H groups in total. The first-order chi connectivity index (χ1) is 7.43. The number of hydrogen-bond donors (Lipinski definition) is 1. The van der Waals surface area contributed by atoms with Crippen LogP contribution in [0.4, 0.5) is 0 Å². The summed E-state index contributed by atoms with van der Waals surface area (Å²) < 4.78 is 7.54. The van der Waals surface area contributed by atoms with Crippen LogP contribution in [0.15, 0.2) is 6.20 Å². The third kappa shape index (κ3) is 1.79. The fourth-order valence-corrected chi connectivity index (χ4v) is 2.39. The summed E-state index contributed by atoms with van der Waals surface area (Å²) in [6, 6.07) is 0.560. The largest absolute Gasteiger partial charge is 0.381 e. The van der Waals surface area contributed by atoms with Gasteiger partial charge >= 0.3 is 0 Å². The number of aromatic nitrogens is 2. The summed E-state index contributed by atoms with van der Waals surface area (Å²) >= 11 is 0. The third-order valence-corrected chi connectivity index (χ3v) is 3.31. The summed E-state index contributed by atoms with van der Waals surface area (Å²) in [5.41, 5.74) is 2.67. The Morgan fingerprint density at radius 1 is 1.40 bits per heavy atom. The molecule has 0 radical (unpaired) electrons. The second-order valence-corrected chi connectivity index (χ2v) is 4.35. The zero-order valence-electron chi connectivity index (χ0n) is 8.91. The van der Waals surface area contributed by atoms with Crippen LogP contribution in [0.25, 0.3) is 0 Å². The minimum absolute atomic E-state index is 0.560. The van der Waals surface area contributed by atoms with Crippen molar-refractivity contribution in [2.45, 2.75) is 31.8 Å². The number of ether oxygens (including phenoxy) is 1. The molecule has 3 rings (SSSR count). The van der Waals surface area contributed by atoms with E-state index >= 15 is 0 Å². The number of nitrogens with one attached hydrogen (secondary N) is 1. The molecule has 0 aromatic carbocycles. The quantitative estimate of drug-likeness (QED) is 0.743. The molecule has 82 valence electrons. The maximum Gasteiger partial charge on any atom is 0.0682 e. The standard InChI is InChI=1S/C11H17N3O/c1-4-12-7-9-8-14(13-11(1)9)10-2-5-15-6-3-10/h8,10,12H,1-7H2. The summed E-state index contributed by atoms with van der Waals surface area (Å²) in [6.07, 6.45) is 5.50. The molecule has 0 spiro atoms. The lowest BCUT2D eigenvalue weighted by Crippen LogP contribution is -2.22. The lowest BCUT2D eigenvalue weighted by atomic mass is 10.1. The van der Waals surface area contributed by atoms with Gasteiger partial charge in [-0.1, -0.05) is 0 Å². The highest BCUT2D eigenvalue weighted by molar-refractivity contribution is 5.20. The van der Waals surface area contributed by atoms with Gasteiger partial charge in [0.15, 0.2) is 0 Å². The Morgan fingerprint density at radius 2 is 2.27 bits per heavy atom. The Kier molecular flexibility index (Phi) is 2.46. The first-order valence-electron chi connectivity index (χ1n) is 5.79. The lowest BCUT2D eigenvalue weighted by molar-refractivity contribution is 0.0661. The predicted molar refractivity (Wildman–Crippen MR) is 56.7 cm³/mol. The van der Waals surface area contributed by atoms with Gasteiger partial charge in [0, 0.05) is 44.5 Å². The zero-order chi connectivity index (χ0) is 10.1. The number of rotatable bonds is 1. The Morgan fingerprint density at radius 3 is 3.07 bits per heavy atom. The van der Waals surface area contributed by atoms with Crippen molar-refractivity contribution in [3.8, 4) is 0 Å². The maximum atomic E-state index is 5.37. The minimum atomic E-state index is 0.560. The number of fused-ring (bicyclic) bond motifs is 1. The Labute approximate surface area is 89.6 Å². The van der Waals surface area contributed by atoms with Gasteiger partial charge in [0.25, 0.3) is 0 Å². The molecule has 1 aromatic heterocycles. The molecular weight excluding hydrogens is 190 g/mol. The molecule has 4 nitrogen and oxygen atoms in total. The second kappa shape index (κ2) is 3.94. The van der Waals surface area contributed by atoms with E-state index in [-0.39, 0.29) is 0 Å². The topological polar surface area (TPSA) is 39.1 Å². The summed E-state index contributed by atoms with van der Waals surface area (Å²) in [5.74, 6) is 0. The molecule has 4 heteroatoms. The van der Waals surface area contributed by atoms with Crippen molar-refractivity contribution in [2.24, 2.45) is 0 Å². The number of hydrogen-bond acceptors (Lipinski definition) is 3. The molecule has 0 unspecified atom stereocenters. The van der Waals surface area contributed by atoms with Gasteiger partial charge in [-0.2, -0.15) is 5.10 Å². The van der Waals surface area contributed by atoms with E-state index in [4.69, 9.17) is 9.84 Å². The smallest absolute Gasteiger partial charge is 0.0682 e. The molecule has 1 fully saturated rings. The Bertz CT molecular complexity index is 318. The van der Waals surface area contributed by atoms with E-state index in [0.29, 0.717) is 6.04 Å². The van der Waals surface area contributed by atoms with E-state index in [2.05, 4.69) is 16.2 Å². The molecule has 0 bridgehead atoms. The first kappa shape index (κ1) is 9.36. The van der Waals surface area contributed by atoms with E-state index in [1.54, 1.807) is 0 Å². The molecule has 0 atom stereocenters. The van der Waals surface area contributed by atoms with Crippen LogP contribution < -0.4 is 5.32 Å². The summed E-state index contributed by atoms with van der Waals surface area (Å²) in [6.45, 7) is 3.82. The van der Waals surface area contributed by atoms with Crippen LogP contribution in [0.5, 0.6) is 0 Å². The summed E-state index contributed by atoms with van der Waals surface area (Å²) in [4.78, 5) is 0. The fourth-order valence-electron chi connectivity index (χ4n) is 2.39. The second-order valence-electron chi connectivity index (χ2n) is 4.35. The van der Waals surface area contributed by atoms with Crippen molar-refractivity contribution < 1.29 is 4.74 Å². The zero-order valence-corrected chi connectivity index (χ0v) is 8.91. The Balaban J connectivity index is 1.82. The van der Waals surface area contributed by atoms with Crippen molar-refractivity contribution in [1.29, 1.82) is 0 Å². The summed E-state index contributed by atoms with van der Waals surface area (Å²) in [7, 11) is 0. The van der Waals surface area contributed by atoms with Gasteiger partial charge in [-0.25, -0.2) is 0 Å². The molecule has 0 saturated carbocycles. The van der Waals surface area contributed by atoms with Gasteiger partial charge in [-0.05, 0) is 12.8 Å². The van der Waals surface area contributed by atoms with Gasteiger partial charge in [-0.3, -0.25) is 4.68 Å². The van der Waals surface area contributed by atoms with Gasteiger partial charge in [-0.15, -0.1) is 0 Å². The molecular formula is C11H17N3O. The lowest BCUT2D eigenvalue weighted by Gasteiger charge is -2.22. The molecule has 2 aliphatic heterocycles. The van der Waals surface area contributed by atoms with Gasteiger partial charge in [0.05, 0.1) is 11.7 Å². The van der Waals surface area contributed by atoms with Crippen LogP contribution in [-0.2, 0) is 17.7 Å². The Hall–Kier alpha value is -0.870. The van der Waals surface area contributed by atoms with Gasteiger partial charge in [0.2, 0.25) is 0 Å². The molecule has 15 heavy (non-hydrogen) atoms. The van der Waals surface area contributed by atoms with Crippen LogP contribution in [-0.4, -0.2) is 29.5 Å². The highest BCUT2D eigenvalue weighted by atomic mass is 16.5.